The van der Waals surface area contributed by atoms with E-state index in [9.17, 15) is 18.6 Å². The van der Waals surface area contributed by atoms with Crippen LogP contribution < -0.4 is 9.47 Å². The fraction of sp³-hybridized carbons (Fsp3) is 0.250. The van der Waals surface area contributed by atoms with Crippen molar-refractivity contribution in [1.82, 2.24) is 8.61 Å². The molecule has 1 aliphatic heterocycles. The molecule has 2 unspecified atom stereocenters. The Balaban J connectivity index is 1.55. The van der Waals surface area contributed by atoms with E-state index >= 15 is 0 Å². The molecule has 4 aromatic carbocycles. The molecule has 1 fully saturated rings. The summed E-state index contributed by atoms with van der Waals surface area (Å²) in [6.45, 7) is -0.375. The maximum Gasteiger partial charge on any atom is 0.283 e. The molecule has 5 rings (SSSR count). The van der Waals surface area contributed by atoms with Gasteiger partial charge in [0.15, 0.2) is 0 Å². The number of nitrogens with zero attached hydrogens (tertiary/aromatic N) is 2. The molecule has 1 heterocycles. The van der Waals surface area contributed by atoms with Crippen LogP contribution in [-0.2, 0) is 23.3 Å². The van der Waals surface area contributed by atoms with Crippen molar-refractivity contribution in [3.05, 3.63) is 132 Å². The Morgan fingerprint density at radius 1 is 0.537 bits per heavy atom. The van der Waals surface area contributed by atoms with Gasteiger partial charge in [0.05, 0.1) is 12.1 Å². The SMILES string of the molecule is O=S1(=O)N(Cc2ccccc2)C(COc2ccccc2)C(O)[C@H](O)[C@H](COc2ccccc2)N1Cc1ccccc1. The second kappa shape index (κ2) is 13.3. The molecule has 1 aliphatic rings. The van der Waals surface area contributed by atoms with Crippen LogP contribution in [0.25, 0.3) is 0 Å². The van der Waals surface area contributed by atoms with Gasteiger partial charge in [-0.3, -0.25) is 0 Å². The van der Waals surface area contributed by atoms with E-state index in [1.807, 2.05) is 97.1 Å². The maximum atomic E-state index is 14.6. The van der Waals surface area contributed by atoms with Gasteiger partial charge < -0.3 is 19.7 Å². The van der Waals surface area contributed by atoms with Gasteiger partial charge in [0.2, 0.25) is 0 Å². The number of ether oxygens (including phenoxy) is 2. The quantitative estimate of drug-likeness (QED) is 0.299. The summed E-state index contributed by atoms with van der Waals surface area (Å²) in [5.74, 6) is 1.06. The third kappa shape index (κ3) is 6.95. The van der Waals surface area contributed by atoms with Crippen LogP contribution in [0.15, 0.2) is 121 Å². The molecule has 214 valence electrons. The monoisotopic (exact) mass is 574 g/mol. The number of hydrogen-bond acceptors (Lipinski definition) is 6. The highest BCUT2D eigenvalue weighted by atomic mass is 32.2. The van der Waals surface area contributed by atoms with Crippen molar-refractivity contribution in [3.63, 3.8) is 0 Å². The third-order valence-electron chi connectivity index (χ3n) is 7.16. The number of aliphatic hydroxyl groups excluding tert-OH is 2. The zero-order valence-electron chi connectivity index (χ0n) is 22.5. The van der Waals surface area contributed by atoms with Gasteiger partial charge >= 0.3 is 0 Å². The van der Waals surface area contributed by atoms with Crippen LogP contribution in [0, 0.1) is 0 Å². The Labute approximate surface area is 241 Å². The number of rotatable bonds is 10. The summed E-state index contributed by atoms with van der Waals surface area (Å²) in [5, 5.41) is 23.2. The van der Waals surface area contributed by atoms with Gasteiger partial charge in [0, 0.05) is 13.1 Å². The lowest BCUT2D eigenvalue weighted by Crippen LogP contribution is -2.52. The molecule has 9 heteroatoms. The number of para-hydroxylation sites is 2. The molecule has 0 amide bonds. The number of benzene rings is 4. The largest absolute Gasteiger partial charge is 0.492 e. The normalized spacial score (nSPS) is 23.0. The molecular weight excluding hydrogens is 540 g/mol. The van der Waals surface area contributed by atoms with Crippen molar-refractivity contribution >= 4 is 10.2 Å². The van der Waals surface area contributed by atoms with Crippen LogP contribution in [0.2, 0.25) is 0 Å². The topological polar surface area (TPSA) is 99.5 Å². The average Bonchev–Trinajstić information content (AvgIpc) is 3.06. The predicted octanol–water partition coefficient (Wildman–Crippen LogP) is 3.87. The predicted molar refractivity (Wildman–Crippen MR) is 156 cm³/mol. The second-order valence-corrected chi connectivity index (χ2v) is 11.8. The van der Waals surface area contributed by atoms with E-state index < -0.39 is 34.5 Å². The fourth-order valence-corrected chi connectivity index (χ4v) is 6.91. The highest BCUT2D eigenvalue weighted by Gasteiger charge is 2.51. The Morgan fingerprint density at radius 3 is 1.20 bits per heavy atom. The molecule has 0 radical (unpaired) electrons. The van der Waals surface area contributed by atoms with Crippen LogP contribution in [0.1, 0.15) is 11.1 Å². The van der Waals surface area contributed by atoms with Crippen molar-refractivity contribution in [3.8, 4) is 11.5 Å². The van der Waals surface area contributed by atoms with E-state index in [-0.39, 0.29) is 26.3 Å². The van der Waals surface area contributed by atoms with Crippen LogP contribution in [0.5, 0.6) is 11.5 Å². The minimum absolute atomic E-state index is 0.0205. The lowest BCUT2D eigenvalue weighted by molar-refractivity contribution is -0.0565. The lowest BCUT2D eigenvalue weighted by Gasteiger charge is -2.34. The first-order chi connectivity index (χ1) is 19.9. The highest BCUT2D eigenvalue weighted by molar-refractivity contribution is 7.86. The molecule has 2 N–H and O–H groups in total. The van der Waals surface area contributed by atoms with Gasteiger partial charge in [0.1, 0.15) is 36.9 Å². The molecule has 8 nitrogen and oxygen atoms in total. The fourth-order valence-electron chi connectivity index (χ4n) is 4.96. The van der Waals surface area contributed by atoms with Crippen molar-refractivity contribution < 1.29 is 28.1 Å². The highest BCUT2D eigenvalue weighted by Crippen LogP contribution is 2.31. The molecule has 0 saturated carbocycles. The Morgan fingerprint density at radius 2 is 0.854 bits per heavy atom. The van der Waals surface area contributed by atoms with Crippen molar-refractivity contribution in [2.24, 2.45) is 0 Å². The minimum atomic E-state index is -4.28. The van der Waals surface area contributed by atoms with Crippen molar-refractivity contribution in [2.45, 2.75) is 37.4 Å². The molecule has 4 aromatic rings. The maximum absolute atomic E-state index is 14.6. The summed E-state index contributed by atoms with van der Waals surface area (Å²) < 4.78 is 43.6. The summed E-state index contributed by atoms with van der Waals surface area (Å²) in [4.78, 5) is 0. The zero-order chi connectivity index (χ0) is 28.7. The van der Waals surface area contributed by atoms with Gasteiger partial charge in [-0.05, 0) is 35.4 Å². The van der Waals surface area contributed by atoms with E-state index in [0.29, 0.717) is 11.5 Å². The lowest BCUT2D eigenvalue weighted by atomic mass is 9.99. The molecule has 0 aliphatic carbocycles. The van der Waals surface area contributed by atoms with Crippen LogP contribution >= 0.6 is 0 Å². The molecule has 4 atom stereocenters. The smallest absolute Gasteiger partial charge is 0.283 e. The summed E-state index contributed by atoms with van der Waals surface area (Å²) >= 11 is 0. The average molecular weight is 575 g/mol. The number of aliphatic hydroxyl groups is 2. The Hall–Kier alpha value is -3.73. The van der Waals surface area contributed by atoms with Gasteiger partial charge in [-0.15, -0.1) is 0 Å². The third-order valence-corrected chi connectivity index (χ3v) is 9.15. The van der Waals surface area contributed by atoms with Crippen LogP contribution in [0.4, 0.5) is 0 Å². The van der Waals surface area contributed by atoms with Crippen molar-refractivity contribution in [1.29, 1.82) is 0 Å². The van der Waals surface area contributed by atoms with Crippen LogP contribution in [0.3, 0.4) is 0 Å². The van der Waals surface area contributed by atoms with E-state index in [2.05, 4.69) is 0 Å². The molecule has 1 saturated heterocycles. The van der Waals surface area contributed by atoms with Crippen LogP contribution in [-0.4, -0.2) is 64.7 Å². The first kappa shape index (κ1) is 28.8. The molecular formula is C32H34N2O6S. The van der Waals surface area contributed by atoms with Gasteiger partial charge in [-0.1, -0.05) is 97.1 Å². The first-order valence-corrected chi connectivity index (χ1v) is 14.9. The van der Waals surface area contributed by atoms with Gasteiger partial charge in [-0.25, -0.2) is 0 Å². The Kier molecular flexibility index (Phi) is 9.33. The summed E-state index contributed by atoms with van der Waals surface area (Å²) in [6.07, 6.45) is -2.94. The molecule has 0 spiro atoms. The zero-order valence-corrected chi connectivity index (χ0v) is 23.3. The molecule has 41 heavy (non-hydrogen) atoms. The number of hydrogen-bond donors (Lipinski definition) is 2. The van der Waals surface area contributed by atoms with E-state index in [4.69, 9.17) is 9.47 Å². The summed E-state index contributed by atoms with van der Waals surface area (Å²) in [6, 6.07) is 34.2. The van der Waals surface area contributed by atoms with E-state index in [1.54, 1.807) is 24.3 Å². The molecule has 0 bridgehead atoms. The molecule has 0 aromatic heterocycles. The Bertz CT molecular complexity index is 1350. The standard InChI is InChI=1S/C32H34N2O6S/c35-31-29(23-39-27-17-9-3-10-18-27)33(21-25-13-5-1-6-14-25)41(37,38)34(22-26-15-7-2-8-16-26)30(32(31)36)24-40-28-19-11-4-12-20-28/h1-20,29-32,35-36H,21-24H2/t29-,30?,31+,32?/m0/s1. The second-order valence-electron chi connectivity index (χ2n) is 9.93. The van der Waals surface area contributed by atoms with Gasteiger partial charge in [-0.2, -0.15) is 17.0 Å². The van der Waals surface area contributed by atoms with E-state index in [0.717, 1.165) is 11.1 Å². The van der Waals surface area contributed by atoms with Crippen molar-refractivity contribution in [2.75, 3.05) is 13.2 Å². The van der Waals surface area contributed by atoms with E-state index in [1.165, 1.54) is 8.61 Å². The minimum Gasteiger partial charge on any atom is -0.492 e. The summed E-state index contributed by atoms with van der Waals surface area (Å²) in [5.41, 5.74) is 1.47. The summed E-state index contributed by atoms with van der Waals surface area (Å²) in [7, 11) is -4.28. The van der Waals surface area contributed by atoms with Gasteiger partial charge in [0.25, 0.3) is 10.2 Å². The first-order valence-electron chi connectivity index (χ1n) is 13.5.